The largest absolute Gasteiger partial charge is 0.390 e. The van der Waals surface area contributed by atoms with Gasteiger partial charge in [0, 0.05) is 11.8 Å². The van der Waals surface area contributed by atoms with E-state index in [2.05, 4.69) is 24.3 Å². The van der Waals surface area contributed by atoms with E-state index in [4.69, 9.17) is 0 Å². The smallest absolute Gasteiger partial charge is 0.382 e. The van der Waals surface area contributed by atoms with Crippen molar-refractivity contribution in [3.63, 3.8) is 0 Å². The maximum absolute atomic E-state index is 11.8. The molecule has 0 aliphatic rings. The van der Waals surface area contributed by atoms with E-state index in [-0.39, 0.29) is 23.7 Å². The molecule has 0 aliphatic carbocycles. The van der Waals surface area contributed by atoms with E-state index < -0.39 is 0 Å². The number of carbonyl (C=O) groups excluding carboxylic acids is 2. The third-order valence-corrected chi connectivity index (χ3v) is 4.25. The third kappa shape index (κ3) is 6.12. The average molecular weight is 267 g/mol. The number of rotatable bonds is 8. The zero-order valence-corrected chi connectivity index (χ0v) is 13.1. The molecule has 0 bridgehead atoms. The highest BCUT2D eigenvalue weighted by molar-refractivity contribution is 6.38. The van der Waals surface area contributed by atoms with Crippen molar-refractivity contribution in [1.82, 2.24) is 10.5 Å². The topological polar surface area (TPSA) is 58.2 Å². The van der Waals surface area contributed by atoms with E-state index in [1.807, 2.05) is 27.7 Å². The maximum Gasteiger partial charge on any atom is 0.390 e. The maximum atomic E-state index is 11.8. The van der Waals surface area contributed by atoms with Crippen LogP contribution in [-0.2, 0) is 9.59 Å². The van der Waals surface area contributed by atoms with Crippen molar-refractivity contribution >= 4 is 19.4 Å². The summed E-state index contributed by atoms with van der Waals surface area (Å²) in [6.45, 7) is 12.0. The fourth-order valence-corrected chi connectivity index (χ4v) is 1.67. The van der Waals surface area contributed by atoms with Crippen molar-refractivity contribution in [1.29, 1.82) is 0 Å². The number of carbonyl (C=O) groups is 2. The summed E-state index contributed by atoms with van der Waals surface area (Å²) in [6, 6.07) is 0. The summed E-state index contributed by atoms with van der Waals surface area (Å²) in [4.78, 5) is 23.6. The van der Waals surface area contributed by atoms with Crippen LogP contribution in [0.15, 0.2) is 0 Å². The molecule has 0 rings (SSSR count). The molecule has 0 saturated carbocycles. The van der Waals surface area contributed by atoms with E-state index >= 15 is 0 Å². The summed E-state index contributed by atoms with van der Waals surface area (Å²) in [7, 11) is 1.36. The molecule has 0 aliphatic heterocycles. The standard InChI is InChI=1S/C14H28BN2O2/c1-7-9(3)11(5)13(18)16-15-17-14(19)12(6)10(4)8-2/h9-12H,7-8H2,1-6H3,(H,16,18)(H,17,19). The van der Waals surface area contributed by atoms with Crippen LogP contribution in [0.2, 0.25) is 0 Å². The van der Waals surface area contributed by atoms with Gasteiger partial charge in [0.1, 0.15) is 0 Å². The Bertz CT molecular complexity index is 269. The molecule has 0 aromatic carbocycles. The van der Waals surface area contributed by atoms with Gasteiger partial charge in [-0.2, -0.15) is 0 Å². The summed E-state index contributed by atoms with van der Waals surface area (Å²) in [5, 5.41) is 5.29. The van der Waals surface area contributed by atoms with Crippen molar-refractivity contribution < 1.29 is 9.59 Å². The Morgan fingerprint density at radius 3 is 1.42 bits per heavy atom. The minimum absolute atomic E-state index is 0.0501. The van der Waals surface area contributed by atoms with Gasteiger partial charge >= 0.3 is 7.55 Å². The van der Waals surface area contributed by atoms with E-state index in [0.29, 0.717) is 11.8 Å². The van der Waals surface area contributed by atoms with Gasteiger partial charge in [-0.15, -0.1) is 0 Å². The van der Waals surface area contributed by atoms with Crippen LogP contribution in [0.4, 0.5) is 0 Å². The van der Waals surface area contributed by atoms with Crippen LogP contribution >= 0.6 is 0 Å². The van der Waals surface area contributed by atoms with Crippen LogP contribution in [-0.4, -0.2) is 19.4 Å². The molecule has 0 aromatic rings. The van der Waals surface area contributed by atoms with Gasteiger partial charge in [-0.3, -0.25) is 9.59 Å². The molecule has 5 heteroatoms. The van der Waals surface area contributed by atoms with Crippen LogP contribution in [0.1, 0.15) is 54.4 Å². The van der Waals surface area contributed by atoms with Crippen LogP contribution in [0, 0.1) is 23.7 Å². The highest BCUT2D eigenvalue weighted by Crippen LogP contribution is 2.15. The summed E-state index contributed by atoms with van der Waals surface area (Å²) in [5.41, 5.74) is 0. The molecule has 0 spiro atoms. The number of hydrogen-bond donors (Lipinski definition) is 2. The Kier molecular flexibility index (Phi) is 8.52. The van der Waals surface area contributed by atoms with Crippen molar-refractivity contribution in [3.8, 4) is 0 Å². The van der Waals surface area contributed by atoms with Gasteiger partial charge in [-0.25, -0.2) is 0 Å². The van der Waals surface area contributed by atoms with Gasteiger partial charge in [-0.05, 0) is 11.8 Å². The van der Waals surface area contributed by atoms with Gasteiger partial charge < -0.3 is 10.5 Å². The predicted molar refractivity (Wildman–Crippen MR) is 79.3 cm³/mol. The lowest BCUT2D eigenvalue weighted by molar-refractivity contribution is -0.124. The van der Waals surface area contributed by atoms with Crippen LogP contribution in [0.5, 0.6) is 0 Å². The average Bonchev–Trinajstić information content (AvgIpc) is 2.43. The second-order valence-corrected chi connectivity index (χ2v) is 5.51. The molecule has 4 nitrogen and oxygen atoms in total. The molecular weight excluding hydrogens is 239 g/mol. The first-order valence-electron chi connectivity index (χ1n) is 7.27. The Hall–Kier alpha value is -0.995. The van der Waals surface area contributed by atoms with E-state index in [1.165, 1.54) is 7.55 Å². The van der Waals surface area contributed by atoms with E-state index in [9.17, 15) is 9.59 Å². The molecular formula is C14H28BN2O2. The lowest BCUT2D eigenvalue weighted by atomic mass is 9.90. The summed E-state index contributed by atoms with van der Waals surface area (Å²) < 4.78 is 0. The molecule has 4 atom stereocenters. The Morgan fingerprint density at radius 2 is 1.16 bits per heavy atom. The third-order valence-electron chi connectivity index (χ3n) is 4.25. The van der Waals surface area contributed by atoms with E-state index in [0.717, 1.165) is 12.8 Å². The predicted octanol–water partition coefficient (Wildman–Crippen LogP) is 2.12. The van der Waals surface area contributed by atoms with Crippen molar-refractivity contribution in [2.75, 3.05) is 0 Å². The number of hydrogen-bond acceptors (Lipinski definition) is 2. The molecule has 109 valence electrons. The molecule has 4 unspecified atom stereocenters. The highest BCUT2D eigenvalue weighted by Gasteiger charge is 2.21. The Morgan fingerprint density at radius 1 is 0.842 bits per heavy atom. The van der Waals surface area contributed by atoms with Gasteiger partial charge in [0.2, 0.25) is 11.8 Å². The normalized spacial score (nSPS) is 16.9. The molecule has 0 fully saturated rings. The van der Waals surface area contributed by atoms with Crippen molar-refractivity contribution in [2.24, 2.45) is 23.7 Å². The van der Waals surface area contributed by atoms with Crippen molar-refractivity contribution in [2.45, 2.75) is 54.4 Å². The van der Waals surface area contributed by atoms with Gasteiger partial charge in [0.25, 0.3) is 0 Å². The Labute approximate surface area is 118 Å². The highest BCUT2D eigenvalue weighted by atomic mass is 16.2. The first-order chi connectivity index (χ1) is 8.84. The lowest BCUT2D eigenvalue weighted by Gasteiger charge is -2.19. The molecule has 0 saturated heterocycles. The quantitative estimate of drug-likeness (QED) is 0.662. The van der Waals surface area contributed by atoms with E-state index in [1.54, 1.807) is 0 Å². The minimum Gasteiger partial charge on any atom is -0.382 e. The zero-order chi connectivity index (χ0) is 15.0. The van der Waals surface area contributed by atoms with Crippen LogP contribution in [0.25, 0.3) is 0 Å². The molecule has 2 N–H and O–H groups in total. The number of amides is 2. The lowest BCUT2D eigenvalue weighted by Crippen LogP contribution is -2.46. The van der Waals surface area contributed by atoms with Crippen LogP contribution < -0.4 is 10.5 Å². The molecule has 1 radical (unpaired) electrons. The summed E-state index contributed by atoms with van der Waals surface area (Å²) in [5.74, 6) is 0.471. The second-order valence-electron chi connectivity index (χ2n) is 5.51. The molecule has 19 heavy (non-hydrogen) atoms. The molecule has 0 aromatic heterocycles. The minimum atomic E-state index is -0.0508. The van der Waals surface area contributed by atoms with Gasteiger partial charge in [0.05, 0.1) is 0 Å². The van der Waals surface area contributed by atoms with Gasteiger partial charge in [0.15, 0.2) is 0 Å². The second kappa shape index (κ2) is 9.00. The fraction of sp³-hybridized carbons (Fsp3) is 0.857. The monoisotopic (exact) mass is 267 g/mol. The zero-order valence-electron chi connectivity index (χ0n) is 13.1. The SMILES string of the molecule is CCC(C)C(C)C(=O)N[B]NC(=O)C(C)C(C)CC. The Balaban J connectivity index is 4.03. The first-order valence-corrected chi connectivity index (χ1v) is 7.27. The summed E-state index contributed by atoms with van der Waals surface area (Å²) >= 11 is 0. The summed E-state index contributed by atoms with van der Waals surface area (Å²) in [6.07, 6.45) is 1.93. The van der Waals surface area contributed by atoms with Crippen LogP contribution in [0.3, 0.4) is 0 Å². The fourth-order valence-electron chi connectivity index (χ4n) is 1.67. The first kappa shape index (κ1) is 18.0. The molecule has 0 heterocycles. The number of nitrogens with one attached hydrogen (secondary N) is 2. The molecule has 2 amide bonds. The van der Waals surface area contributed by atoms with Gasteiger partial charge in [-0.1, -0.05) is 54.4 Å². The van der Waals surface area contributed by atoms with Crippen molar-refractivity contribution in [3.05, 3.63) is 0 Å².